The molecule has 0 radical (unpaired) electrons. The van der Waals surface area contributed by atoms with Gasteiger partial charge in [-0.05, 0) is 32.1 Å². The third-order valence-electron chi connectivity index (χ3n) is 5.13. The maximum absolute atomic E-state index is 12.9. The molecule has 0 N–H and O–H groups in total. The van der Waals surface area contributed by atoms with Crippen LogP contribution in [0.4, 0.5) is 0 Å². The normalized spacial score (nSPS) is 25.0. The average molecular weight is 340 g/mol. The number of aryl methyl sites for hydroxylation is 1. The molecule has 0 unspecified atom stereocenters. The standard InChI is InChI=1S/C16H24N2O4S/c1-11-13(10-15(22-11)23(20,21)17(2)3)16(19)18-9-8-12-6-4-5-7-14(12)18/h10,12,14H,4-9H2,1-3H3/t12-,14-/m1/s1. The molecule has 128 valence electrons. The summed E-state index contributed by atoms with van der Waals surface area (Å²) in [6.07, 6.45) is 5.71. The van der Waals surface area contributed by atoms with Crippen molar-refractivity contribution in [2.45, 2.75) is 50.2 Å². The Morgan fingerprint density at radius 3 is 2.65 bits per heavy atom. The number of nitrogens with zero attached hydrogens (tertiary/aromatic N) is 2. The summed E-state index contributed by atoms with van der Waals surface area (Å²) in [5.41, 5.74) is 0.372. The molecule has 0 spiro atoms. The van der Waals surface area contributed by atoms with Gasteiger partial charge in [0.1, 0.15) is 5.76 Å². The number of sulfonamides is 1. The monoisotopic (exact) mass is 340 g/mol. The summed E-state index contributed by atoms with van der Waals surface area (Å²) >= 11 is 0. The van der Waals surface area contributed by atoms with Crippen molar-refractivity contribution < 1.29 is 17.6 Å². The van der Waals surface area contributed by atoms with Gasteiger partial charge < -0.3 is 9.32 Å². The van der Waals surface area contributed by atoms with Crippen molar-refractivity contribution in [3.05, 3.63) is 17.4 Å². The van der Waals surface area contributed by atoms with Gasteiger partial charge in [-0.3, -0.25) is 4.79 Å². The lowest BCUT2D eigenvalue weighted by Crippen LogP contribution is -2.39. The number of fused-ring (bicyclic) bond motifs is 1. The number of furan rings is 1. The quantitative estimate of drug-likeness (QED) is 0.846. The highest BCUT2D eigenvalue weighted by molar-refractivity contribution is 7.88. The van der Waals surface area contributed by atoms with Crippen LogP contribution >= 0.6 is 0 Å². The molecule has 1 saturated heterocycles. The van der Waals surface area contributed by atoms with Crippen LogP contribution < -0.4 is 0 Å². The van der Waals surface area contributed by atoms with E-state index in [1.165, 1.54) is 33.0 Å². The van der Waals surface area contributed by atoms with Crippen molar-refractivity contribution in [1.82, 2.24) is 9.21 Å². The van der Waals surface area contributed by atoms with Crippen LogP contribution in [0.2, 0.25) is 0 Å². The molecule has 7 heteroatoms. The Hall–Kier alpha value is -1.34. The first kappa shape index (κ1) is 16.5. The number of hydrogen-bond donors (Lipinski definition) is 0. The van der Waals surface area contributed by atoms with Gasteiger partial charge in [0, 0.05) is 32.7 Å². The van der Waals surface area contributed by atoms with E-state index in [1.54, 1.807) is 6.92 Å². The molecule has 1 aliphatic heterocycles. The Balaban J connectivity index is 1.87. The van der Waals surface area contributed by atoms with E-state index in [0.717, 1.165) is 30.1 Å². The molecule has 6 nitrogen and oxygen atoms in total. The lowest BCUT2D eigenvalue weighted by atomic mass is 9.85. The van der Waals surface area contributed by atoms with Gasteiger partial charge in [-0.1, -0.05) is 12.8 Å². The largest absolute Gasteiger partial charge is 0.448 e. The van der Waals surface area contributed by atoms with Crippen LogP contribution in [0.25, 0.3) is 0 Å². The predicted octanol–water partition coefficient (Wildman–Crippen LogP) is 2.24. The Morgan fingerprint density at radius 2 is 1.96 bits per heavy atom. The second kappa shape index (κ2) is 5.94. The van der Waals surface area contributed by atoms with Crippen LogP contribution in [-0.4, -0.2) is 50.2 Å². The Bertz CT molecular complexity index is 708. The summed E-state index contributed by atoms with van der Waals surface area (Å²) in [5.74, 6) is 0.875. The molecule has 1 aromatic rings. The molecule has 2 heterocycles. The zero-order valence-electron chi connectivity index (χ0n) is 13.9. The first-order chi connectivity index (χ1) is 10.8. The van der Waals surface area contributed by atoms with E-state index in [0.29, 0.717) is 23.3 Å². The van der Waals surface area contributed by atoms with Gasteiger partial charge in [-0.15, -0.1) is 0 Å². The second-order valence-electron chi connectivity index (χ2n) is 6.72. The molecule has 0 bridgehead atoms. The molecular formula is C16H24N2O4S. The van der Waals surface area contributed by atoms with Crippen molar-refractivity contribution in [3.8, 4) is 0 Å². The molecule has 2 aliphatic rings. The zero-order valence-corrected chi connectivity index (χ0v) is 14.7. The van der Waals surface area contributed by atoms with Crippen LogP contribution in [0.1, 0.15) is 48.2 Å². The minimum atomic E-state index is -3.66. The molecule has 1 amide bonds. The average Bonchev–Trinajstić information content (AvgIpc) is 3.10. The van der Waals surface area contributed by atoms with Gasteiger partial charge >= 0.3 is 0 Å². The van der Waals surface area contributed by atoms with Crippen LogP contribution in [0.15, 0.2) is 15.6 Å². The van der Waals surface area contributed by atoms with Gasteiger partial charge in [0.2, 0.25) is 5.09 Å². The number of carbonyl (C=O) groups excluding carboxylic acids is 1. The summed E-state index contributed by atoms with van der Waals surface area (Å²) in [5, 5.41) is -0.164. The number of rotatable bonds is 3. The van der Waals surface area contributed by atoms with Gasteiger partial charge in [-0.2, -0.15) is 0 Å². The molecule has 1 saturated carbocycles. The van der Waals surface area contributed by atoms with Crippen molar-refractivity contribution in [2.24, 2.45) is 5.92 Å². The Kier molecular flexibility index (Phi) is 4.27. The van der Waals surface area contributed by atoms with Gasteiger partial charge in [-0.25, -0.2) is 12.7 Å². The molecule has 3 rings (SSSR count). The van der Waals surface area contributed by atoms with Crippen molar-refractivity contribution >= 4 is 15.9 Å². The molecule has 1 aromatic heterocycles. The fraction of sp³-hybridized carbons (Fsp3) is 0.688. The van der Waals surface area contributed by atoms with Gasteiger partial charge in [0.25, 0.3) is 15.9 Å². The number of hydrogen-bond acceptors (Lipinski definition) is 4. The highest BCUT2D eigenvalue weighted by atomic mass is 32.2. The highest BCUT2D eigenvalue weighted by Crippen LogP contribution is 2.37. The van der Waals surface area contributed by atoms with Crippen molar-refractivity contribution in [1.29, 1.82) is 0 Å². The molecular weight excluding hydrogens is 316 g/mol. The second-order valence-corrected chi connectivity index (χ2v) is 8.80. The SMILES string of the molecule is Cc1oc(S(=O)(=O)N(C)C)cc1C(=O)N1CC[C@H]2CCCC[C@H]21. The lowest BCUT2D eigenvalue weighted by molar-refractivity contribution is 0.0688. The predicted molar refractivity (Wildman–Crippen MR) is 85.7 cm³/mol. The summed E-state index contributed by atoms with van der Waals surface area (Å²) < 4.78 is 30.8. The smallest absolute Gasteiger partial charge is 0.275 e. The summed E-state index contributed by atoms with van der Waals surface area (Å²) in [7, 11) is -0.771. The van der Waals surface area contributed by atoms with E-state index >= 15 is 0 Å². The zero-order chi connectivity index (χ0) is 16.8. The van der Waals surface area contributed by atoms with Gasteiger partial charge in [0.15, 0.2) is 0 Å². The topological polar surface area (TPSA) is 70.8 Å². The molecule has 2 atom stereocenters. The van der Waals surface area contributed by atoms with Crippen LogP contribution in [0, 0.1) is 12.8 Å². The van der Waals surface area contributed by atoms with E-state index in [2.05, 4.69) is 0 Å². The van der Waals surface area contributed by atoms with Crippen molar-refractivity contribution in [3.63, 3.8) is 0 Å². The summed E-state index contributed by atoms with van der Waals surface area (Å²) in [6, 6.07) is 1.68. The van der Waals surface area contributed by atoms with Crippen LogP contribution in [0.3, 0.4) is 0 Å². The summed E-state index contributed by atoms with van der Waals surface area (Å²) in [6.45, 7) is 2.41. The minimum absolute atomic E-state index is 0.0964. The first-order valence-corrected chi connectivity index (χ1v) is 9.60. The minimum Gasteiger partial charge on any atom is -0.448 e. The lowest BCUT2D eigenvalue weighted by Gasteiger charge is -2.31. The maximum atomic E-state index is 12.9. The van der Waals surface area contributed by atoms with E-state index < -0.39 is 10.0 Å². The molecule has 0 aromatic carbocycles. The Morgan fingerprint density at radius 1 is 1.26 bits per heavy atom. The highest BCUT2D eigenvalue weighted by Gasteiger charge is 2.39. The third kappa shape index (κ3) is 2.80. The Labute approximate surface area is 137 Å². The first-order valence-electron chi connectivity index (χ1n) is 8.16. The third-order valence-corrected chi connectivity index (χ3v) is 6.80. The fourth-order valence-corrected chi connectivity index (χ4v) is 4.64. The fourth-order valence-electron chi connectivity index (χ4n) is 3.79. The van der Waals surface area contributed by atoms with E-state index in [1.807, 2.05) is 4.90 Å². The molecule has 1 aliphatic carbocycles. The van der Waals surface area contributed by atoms with Crippen molar-refractivity contribution in [2.75, 3.05) is 20.6 Å². The number of carbonyl (C=O) groups is 1. The number of likely N-dealkylation sites (tertiary alicyclic amines) is 1. The van der Waals surface area contributed by atoms with Crippen LogP contribution in [-0.2, 0) is 10.0 Å². The maximum Gasteiger partial charge on any atom is 0.275 e. The summed E-state index contributed by atoms with van der Waals surface area (Å²) in [4.78, 5) is 14.8. The van der Waals surface area contributed by atoms with E-state index in [9.17, 15) is 13.2 Å². The van der Waals surface area contributed by atoms with E-state index in [-0.39, 0.29) is 11.0 Å². The molecule has 2 fully saturated rings. The van der Waals surface area contributed by atoms with Gasteiger partial charge in [0.05, 0.1) is 5.56 Å². The number of amides is 1. The van der Waals surface area contributed by atoms with Crippen LogP contribution in [0.5, 0.6) is 0 Å². The molecule has 23 heavy (non-hydrogen) atoms. The van der Waals surface area contributed by atoms with E-state index in [4.69, 9.17) is 4.42 Å².